The third-order valence-corrected chi connectivity index (χ3v) is 4.16. The lowest BCUT2D eigenvalue weighted by molar-refractivity contribution is -0.120. The number of nitrogens with one attached hydrogen (secondary N) is 1. The normalized spacial score (nSPS) is 16.8. The maximum Gasteiger partial charge on any atom is 0.229 e. The molecule has 1 unspecified atom stereocenters. The van der Waals surface area contributed by atoms with E-state index in [1.165, 1.54) is 0 Å². The minimum atomic E-state index is -0.0592. The Morgan fingerprint density at radius 1 is 1.30 bits per heavy atom. The summed E-state index contributed by atoms with van der Waals surface area (Å²) in [7, 11) is 0. The summed E-state index contributed by atoms with van der Waals surface area (Å²) in [6, 6.07) is 11.4. The second kappa shape index (κ2) is 5.72. The van der Waals surface area contributed by atoms with Crippen LogP contribution in [0.15, 0.2) is 53.4 Å². The number of carbonyl (C=O) groups is 1. The van der Waals surface area contributed by atoms with Gasteiger partial charge in [0.25, 0.3) is 0 Å². The van der Waals surface area contributed by atoms with Crippen LogP contribution in [0.1, 0.15) is 12.1 Å². The Labute approximate surface area is 133 Å². The lowest BCUT2D eigenvalue weighted by atomic mass is 9.95. The molecule has 116 valence electrons. The van der Waals surface area contributed by atoms with E-state index in [1.54, 1.807) is 6.07 Å². The zero-order valence-electron chi connectivity index (χ0n) is 12.5. The van der Waals surface area contributed by atoms with E-state index in [1.807, 2.05) is 42.9 Å². The Morgan fingerprint density at radius 2 is 2.17 bits per heavy atom. The van der Waals surface area contributed by atoms with Crippen LogP contribution in [-0.2, 0) is 17.8 Å². The summed E-state index contributed by atoms with van der Waals surface area (Å²) in [5.74, 6) is 1.01. The number of amides is 1. The maximum absolute atomic E-state index is 12.4. The molecule has 0 spiro atoms. The Balaban J connectivity index is 1.45. The summed E-state index contributed by atoms with van der Waals surface area (Å²) >= 11 is 0. The first kappa shape index (κ1) is 13.8. The minimum Gasteiger partial charge on any atom is -0.354 e. The molecule has 1 amide bonds. The number of anilines is 1. The third-order valence-electron chi connectivity index (χ3n) is 4.16. The van der Waals surface area contributed by atoms with E-state index >= 15 is 0 Å². The molecule has 2 aromatic heterocycles. The smallest absolute Gasteiger partial charge is 0.229 e. The van der Waals surface area contributed by atoms with Crippen LogP contribution >= 0.6 is 0 Å². The molecule has 1 atom stereocenters. The molecule has 0 bridgehead atoms. The van der Waals surface area contributed by atoms with Gasteiger partial charge >= 0.3 is 0 Å². The molecule has 3 heterocycles. The summed E-state index contributed by atoms with van der Waals surface area (Å²) < 4.78 is 7.39. The number of benzene rings is 1. The Bertz CT molecular complexity index is 822. The van der Waals surface area contributed by atoms with E-state index in [-0.39, 0.29) is 11.8 Å². The van der Waals surface area contributed by atoms with E-state index in [4.69, 9.17) is 4.52 Å². The molecular weight excluding hydrogens is 292 g/mol. The van der Waals surface area contributed by atoms with Crippen LogP contribution in [0.5, 0.6) is 0 Å². The van der Waals surface area contributed by atoms with Crippen LogP contribution in [0.2, 0.25) is 0 Å². The lowest BCUT2D eigenvalue weighted by Crippen LogP contribution is -2.29. The van der Waals surface area contributed by atoms with Gasteiger partial charge in [-0.3, -0.25) is 4.79 Å². The SMILES string of the molecule is O=C(Nc1cc(-c2ccccc2)on1)C1CCn2cncc2C1. The summed E-state index contributed by atoms with van der Waals surface area (Å²) in [5.41, 5.74) is 2.03. The highest BCUT2D eigenvalue weighted by molar-refractivity contribution is 5.92. The average molecular weight is 308 g/mol. The number of hydrogen-bond donors (Lipinski definition) is 1. The molecule has 0 saturated heterocycles. The fraction of sp³-hybridized carbons (Fsp3) is 0.235. The molecule has 0 fully saturated rings. The number of rotatable bonds is 3. The first-order chi connectivity index (χ1) is 11.3. The highest BCUT2D eigenvalue weighted by Gasteiger charge is 2.25. The van der Waals surface area contributed by atoms with Gasteiger partial charge < -0.3 is 14.4 Å². The van der Waals surface area contributed by atoms with Crippen LogP contribution in [0.3, 0.4) is 0 Å². The largest absolute Gasteiger partial charge is 0.354 e. The van der Waals surface area contributed by atoms with Crippen molar-refractivity contribution in [2.75, 3.05) is 5.32 Å². The third kappa shape index (κ3) is 2.75. The average Bonchev–Trinajstić information content (AvgIpc) is 3.24. The summed E-state index contributed by atoms with van der Waals surface area (Å²) in [6.07, 6.45) is 5.14. The predicted molar refractivity (Wildman–Crippen MR) is 84.6 cm³/mol. The van der Waals surface area contributed by atoms with Gasteiger partial charge in [0.15, 0.2) is 11.6 Å². The molecule has 1 aliphatic rings. The molecular formula is C17H16N4O2. The van der Waals surface area contributed by atoms with Crippen molar-refractivity contribution >= 4 is 11.7 Å². The molecule has 1 N–H and O–H groups in total. The number of aryl methyl sites for hydroxylation is 1. The molecule has 0 aliphatic carbocycles. The maximum atomic E-state index is 12.4. The van der Waals surface area contributed by atoms with Gasteiger partial charge in [-0.15, -0.1) is 0 Å². The number of carbonyl (C=O) groups excluding carboxylic acids is 1. The molecule has 1 aromatic carbocycles. The van der Waals surface area contributed by atoms with Crippen LogP contribution in [0.25, 0.3) is 11.3 Å². The molecule has 1 aliphatic heterocycles. The number of fused-ring (bicyclic) bond motifs is 1. The van der Waals surface area contributed by atoms with Crippen molar-refractivity contribution in [3.05, 3.63) is 54.6 Å². The van der Waals surface area contributed by atoms with Crippen molar-refractivity contribution in [3.8, 4) is 11.3 Å². The molecule has 6 nitrogen and oxygen atoms in total. The molecule has 4 rings (SSSR count). The van der Waals surface area contributed by atoms with E-state index in [0.29, 0.717) is 18.0 Å². The topological polar surface area (TPSA) is 73.0 Å². The van der Waals surface area contributed by atoms with E-state index in [2.05, 4.69) is 20.0 Å². The number of hydrogen-bond acceptors (Lipinski definition) is 4. The van der Waals surface area contributed by atoms with Gasteiger partial charge in [-0.2, -0.15) is 0 Å². The van der Waals surface area contributed by atoms with Crippen LogP contribution in [-0.4, -0.2) is 20.6 Å². The van der Waals surface area contributed by atoms with Crippen LogP contribution in [0.4, 0.5) is 5.82 Å². The number of aromatic nitrogens is 3. The Hall–Kier alpha value is -2.89. The fourth-order valence-corrected chi connectivity index (χ4v) is 2.89. The van der Waals surface area contributed by atoms with Gasteiger partial charge in [0.1, 0.15) is 0 Å². The first-order valence-electron chi connectivity index (χ1n) is 7.61. The van der Waals surface area contributed by atoms with Crippen molar-refractivity contribution < 1.29 is 9.32 Å². The molecule has 0 radical (unpaired) electrons. The van der Waals surface area contributed by atoms with E-state index in [0.717, 1.165) is 24.2 Å². The minimum absolute atomic E-state index is 0.0228. The molecule has 23 heavy (non-hydrogen) atoms. The van der Waals surface area contributed by atoms with Crippen LogP contribution in [0, 0.1) is 5.92 Å². The van der Waals surface area contributed by atoms with Gasteiger partial charge in [-0.1, -0.05) is 35.5 Å². The molecule has 6 heteroatoms. The standard InChI is InChI=1S/C17H16N4O2/c22-17(13-6-7-21-11-18-10-14(21)8-13)19-16-9-15(23-20-16)12-4-2-1-3-5-12/h1-5,9-11,13H,6-8H2,(H,19,20,22). The second-order valence-corrected chi connectivity index (χ2v) is 5.70. The summed E-state index contributed by atoms with van der Waals surface area (Å²) in [4.78, 5) is 16.5. The molecule has 0 saturated carbocycles. The van der Waals surface area contributed by atoms with Crippen molar-refractivity contribution in [2.24, 2.45) is 5.92 Å². The van der Waals surface area contributed by atoms with E-state index in [9.17, 15) is 4.79 Å². The van der Waals surface area contributed by atoms with E-state index < -0.39 is 0 Å². The van der Waals surface area contributed by atoms with Crippen molar-refractivity contribution in [1.82, 2.24) is 14.7 Å². The first-order valence-corrected chi connectivity index (χ1v) is 7.61. The quantitative estimate of drug-likeness (QED) is 0.807. The van der Waals surface area contributed by atoms with Gasteiger partial charge in [-0.05, 0) is 6.42 Å². The second-order valence-electron chi connectivity index (χ2n) is 5.70. The zero-order chi connectivity index (χ0) is 15.6. The summed E-state index contributed by atoms with van der Waals surface area (Å²) in [5, 5.41) is 6.79. The highest BCUT2D eigenvalue weighted by atomic mass is 16.5. The number of imidazole rings is 1. The monoisotopic (exact) mass is 308 g/mol. The Kier molecular flexibility index (Phi) is 3.42. The fourth-order valence-electron chi connectivity index (χ4n) is 2.89. The highest BCUT2D eigenvalue weighted by Crippen LogP contribution is 2.24. The van der Waals surface area contributed by atoms with Gasteiger partial charge in [0.05, 0.1) is 6.33 Å². The number of nitrogens with zero attached hydrogens (tertiary/aromatic N) is 3. The van der Waals surface area contributed by atoms with Crippen molar-refractivity contribution in [1.29, 1.82) is 0 Å². The zero-order valence-corrected chi connectivity index (χ0v) is 12.5. The van der Waals surface area contributed by atoms with Crippen molar-refractivity contribution in [2.45, 2.75) is 19.4 Å². The Morgan fingerprint density at radius 3 is 3.04 bits per heavy atom. The summed E-state index contributed by atoms with van der Waals surface area (Å²) in [6.45, 7) is 0.821. The van der Waals surface area contributed by atoms with Crippen molar-refractivity contribution in [3.63, 3.8) is 0 Å². The van der Waals surface area contributed by atoms with Crippen LogP contribution < -0.4 is 5.32 Å². The van der Waals surface area contributed by atoms with Gasteiger partial charge in [-0.25, -0.2) is 4.98 Å². The predicted octanol–water partition coefficient (Wildman–Crippen LogP) is 2.74. The lowest BCUT2D eigenvalue weighted by Gasteiger charge is -2.22. The molecule has 3 aromatic rings. The van der Waals surface area contributed by atoms with Gasteiger partial charge in [0.2, 0.25) is 5.91 Å². The van der Waals surface area contributed by atoms with Gasteiger partial charge in [0, 0.05) is 42.4 Å².